The van der Waals surface area contributed by atoms with Crippen molar-refractivity contribution < 1.29 is 4.79 Å². The van der Waals surface area contributed by atoms with Crippen molar-refractivity contribution in [3.63, 3.8) is 0 Å². The van der Waals surface area contributed by atoms with Gasteiger partial charge in [0.25, 0.3) is 5.91 Å². The van der Waals surface area contributed by atoms with Gasteiger partial charge in [0.05, 0.1) is 0 Å². The van der Waals surface area contributed by atoms with Crippen LogP contribution in [-0.2, 0) is 0 Å². The van der Waals surface area contributed by atoms with Gasteiger partial charge in [0.15, 0.2) is 5.43 Å². The number of hydrogen-bond donors (Lipinski definition) is 2. The van der Waals surface area contributed by atoms with E-state index in [1.807, 2.05) is 0 Å². The number of alkyl halides is 1. The van der Waals surface area contributed by atoms with E-state index in [1.54, 1.807) is 0 Å². The molecule has 14 heavy (non-hydrogen) atoms. The van der Waals surface area contributed by atoms with Crippen LogP contribution < -0.4 is 10.7 Å². The zero-order valence-corrected chi connectivity index (χ0v) is 9.71. The summed E-state index contributed by atoms with van der Waals surface area (Å²) in [4.78, 5) is 25.3. The molecule has 1 amide bonds. The van der Waals surface area contributed by atoms with E-state index in [0.717, 1.165) is 10.8 Å². The highest BCUT2D eigenvalue weighted by Gasteiger charge is 2.07. The third-order valence-corrected chi connectivity index (χ3v) is 2.43. The van der Waals surface area contributed by atoms with Crippen molar-refractivity contribution in [3.8, 4) is 0 Å². The first-order valence-corrected chi connectivity index (χ1v) is 5.79. The number of amides is 1. The number of nitrogens with one attached hydrogen (secondary N) is 2. The summed E-state index contributed by atoms with van der Waals surface area (Å²) in [6.45, 7) is 0.607. The number of rotatable bonds is 4. The van der Waals surface area contributed by atoms with Gasteiger partial charge in [-0.05, 0) is 6.42 Å². The molecule has 4 nitrogen and oxygen atoms in total. The fourth-order valence-corrected chi connectivity index (χ4v) is 1.34. The first kappa shape index (κ1) is 11.2. The summed E-state index contributed by atoms with van der Waals surface area (Å²) in [6, 6.07) is 1.34. The lowest BCUT2D eigenvalue weighted by molar-refractivity contribution is 0.0952. The second-order valence-corrected chi connectivity index (χ2v) is 3.80. The van der Waals surface area contributed by atoms with Crippen molar-refractivity contribution in [2.45, 2.75) is 6.42 Å². The standard InChI is InChI=1S/C9H11IN2O2/c10-3-1-4-12-9(14)7-6-11-5-2-8(7)13/h2,5-6H,1,3-4H2,(H,11,13)(H,12,14). The third kappa shape index (κ3) is 3.13. The van der Waals surface area contributed by atoms with Crippen molar-refractivity contribution in [1.29, 1.82) is 0 Å². The molecule has 0 aliphatic heterocycles. The van der Waals surface area contributed by atoms with Gasteiger partial charge < -0.3 is 10.3 Å². The van der Waals surface area contributed by atoms with E-state index in [2.05, 4.69) is 32.9 Å². The Morgan fingerprint density at radius 2 is 2.36 bits per heavy atom. The van der Waals surface area contributed by atoms with E-state index in [4.69, 9.17) is 0 Å². The maximum absolute atomic E-state index is 11.4. The molecule has 0 aliphatic carbocycles. The van der Waals surface area contributed by atoms with Gasteiger partial charge in [-0.2, -0.15) is 0 Å². The molecule has 0 spiro atoms. The lowest BCUT2D eigenvalue weighted by atomic mass is 10.2. The Morgan fingerprint density at radius 1 is 1.57 bits per heavy atom. The van der Waals surface area contributed by atoms with Crippen molar-refractivity contribution in [2.75, 3.05) is 11.0 Å². The van der Waals surface area contributed by atoms with Crippen LogP contribution in [0.25, 0.3) is 0 Å². The van der Waals surface area contributed by atoms with Crippen LogP contribution in [0.2, 0.25) is 0 Å². The number of H-pyrrole nitrogens is 1. The number of aromatic amines is 1. The summed E-state index contributed by atoms with van der Waals surface area (Å²) < 4.78 is 0.989. The molecule has 0 fully saturated rings. The highest BCUT2D eigenvalue weighted by atomic mass is 127. The van der Waals surface area contributed by atoms with Crippen LogP contribution in [0, 0.1) is 0 Å². The van der Waals surface area contributed by atoms with Crippen LogP contribution in [0.15, 0.2) is 23.3 Å². The van der Waals surface area contributed by atoms with E-state index in [1.165, 1.54) is 18.5 Å². The van der Waals surface area contributed by atoms with Gasteiger partial charge in [0.1, 0.15) is 5.56 Å². The quantitative estimate of drug-likeness (QED) is 0.494. The topological polar surface area (TPSA) is 62.0 Å². The van der Waals surface area contributed by atoms with Gasteiger partial charge >= 0.3 is 0 Å². The van der Waals surface area contributed by atoms with Gasteiger partial charge in [-0.25, -0.2) is 0 Å². The van der Waals surface area contributed by atoms with Crippen LogP contribution >= 0.6 is 22.6 Å². The van der Waals surface area contributed by atoms with E-state index < -0.39 is 0 Å². The van der Waals surface area contributed by atoms with Crippen LogP contribution in [0.3, 0.4) is 0 Å². The SMILES string of the molecule is O=C(NCCCI)c1c[nH]ccc1=O. The molecule has 0 saturated carbocycles. The largest absolute Gasteiger partial charge is 0.367 e. The lowest BCUT2D eigenvalue weighted by Crippen LogP contribution is -2.29. The molecule has 1 heterocycles. The van der Waals surface area contributed by atoms with Gasteiger partial charge in [-0.1, -0.05) is 22.6 Å². The fraction of sp³-hybridized carbons (Fsp3) is 0.333. The lowest BCUT2D eigenvalue weighted by Gasteiger charge is -2.02. The molecule has 1 rings (SSSR count). The minimum Gasteiger partial charge on any atom is -0.367 e. The number of carbonyl (C=O) groups is 1. The van der Waals surface area contributed by atoms with Gasteiger partial charge in [-0.3, -0.25) is 9.59 Å². The van der Waals surface area contributed by atoms with Crippen LogP contribution in [-0.4, -0.2) is 21.9 Å². The number of halogens is 1. The molecular formula is C9H11IN2O2. The van der Waals surface area contributed by atoms with Crippen molar-refractivity contribution in [2.24, 2.45) is 0 Å². The highest BCUT2D eigenvalue weighted by molar-refractivity contribution is 14.1. The Morgan fingerprint density at radius 3 is 3.00 bits per heavy atom. The van der Waals surface area contributed by atoms with Gasteiger partial charge in [0.2, 0.25) is 0 Å². The normalized spacial score (nSPS) is 9.79. The number of aromatic nitrogens is 1. The second-order valence-electron chi connectivity index (χ2n) is 2.72. The molecule has 0 bridgehead atoms. The predicted molar refractivity (Wildman–Crippen MR) is 62.9 cm³/mol. The molecule has 0 aromatic carbocycles. The number of pyridine rings is 1. The Balaban J connectivity index is 2.61. The number of carbonyl (C=O) groups excluding carboxylic acids is 1. The first-order chi connectivity index (χ1) is 6.75. The van der Waals surface area contributed by atoms with Gasteiger partial charge in [0, 0.05) is 29.4 Å². The second kappa shape index (κ2) is 5.79. The molecule has 5 heteroatoms. The monoisotopic (exact) mass is 306 g/mol. The smallest absolute Gasteiger partial charge is 0.256 e. The molecule has 0 atom stereocenters. The van der Waals surface area contributed by atoms with Crippen LogP contribution in [0.1, 0.15) is 16.8 Å². The van der Waals surface area contributed by atoms with Crippen LogP contribution in [0.5, 0.6) is 0 Å². The minimum absolute atomic E-state index is 0.168. The Bertz CT molecular complexity index is 362. The summed E-state index contributed by atoms with van der Waals surface area (Å²) in [5, 5.41) is 2.68. The van der Waals surface area contributed by atoms with Crippen molar-refractivity contribution in [1.82, 2.24) is 10.3 Å². The minimum atomic E-state index is -0.309. The Labute approximate surface area is 95.2 Å². The molecule has 2 N–H and O–H groups in total. The molecule has 0 radical (unpaired) electrons. The highest BCUT2D eigenvalue weighted by Crippen LogP contribution is 1.90. The maximum atomic E-state index is 11.4. The molecular weight excluding hydrogens is 295 g/mol. The van der Waals surface area contributed by atoms with E-state index >= 15 is 0 Å². The molecule has 0 unspecified atom stereocenters. The number of hydrogen-bond acceptors (Lipinski definition) is 2. The maximum Gasteiger partial charge on any atom is 0.256 e. The molecule has 1 aromatic rings. The summed E-state index contributed by atoms with van der Waals surface area (Å²) in [5.74, 6) is -0.309. The Hall–Kier alpha value is -0.850. The van der Waals surface area contributed by atoms with Crippen molar-refractivity contribution >= 4 is 28.5 Å². The summed E-state index contributed by atoms with van der Waals surface area (Å²) in [6.07, 6.45) is 3.84. The Kier molecular flexibility index (Phi) is 4.64. The molecule has 0 saturated heterocycles. The summed E-state index contributed by atoms with van der Waals surface area (Å²) >= 11 is 2.24. The van der Waals surface area contributed by atoms with E-state index in [0.29, 0.717) is 6.54 Å². The third-order valence-electron chi connectivity index (χ3n) is 1.66. The molecule has 0 aliphatic rings. The summed E-state index contributed by atoms with van der Waals surface area (Å²) in [5.41, 5.74) is -0.0864. The van der Waals surface area contributed by atoms with Gasteiger partial charge in [-0.15, -0.1) is 0 Å². The summed E-state index contributed by atoms with van der Waals surface area (Å²) in [7, 11) is 0. The predicted octanol–water partition coefficient (Wildman–Crippen LogP) is 0.930. The first-order valence-electron chi connectivity index (χ1n) is 4.27. The average Bonchev–Trinajstić information content (AvgIpc) is 2.18. The average molecular weight is 306 g/mol. The van der Waals surface area contributed by atoms with Crippen LogP contribution in [0.4, 0.5) is 0 Å². The van der Waals surface area contributed by atoms with E-state index in [9.17, 15) is 9.59 Å². The van der Waals surface area contributed by atoms with Crippen molar-refractivity contribution in [3.05, 3.63) is 34.2 Å². The fourth-order valence-electron chi connectivity index (χ4n) is 0.958. The molecule has 76 valence electrons. The molecule has 1 aromatic heterocycles. The zero-order valence-electron chi connectivity index (χ0n) is 7.55. The zero-order chi connectivity index (χ0) is 10.4. The van der Waals surface area contributed by atoms with E-state index in [-0.39, 0.29) is 16.9 Å².